The zero-order chi connectivity index (χ0) is 38.9. The predicted octanol–water partition coefficient (Wildman–Crippen LogP) is 10.1. The summed E-state index contributed by atoms with van der Waals surface area (Å²) in [4.78, 5) is 7.68. The van der Waals surface area contributed by atoms with Crippen molar-refractivity contribution < 1.29 is 0 Å². The molecule has 5 heteroatoms. The van der Waals surface area contributed by atoms with Crippen LogP contribution in [0.25, 0.3) is 22.3 Å². The quantitative estimate of drug-likeness (QED) is 0.161. The smallest absolute Gasteiger partial charge is 0.249 e. The maximum absolute atomic E-state index is 2.60. The lowest BCUT2D eigenvalue weighted by molar-refractivity contribution is 1.25. The Morgan fingerprint density at radius 3 is 1.39 bits per heavy atom. The molecule has 12 rings (SSSR count). The lowest BCUT2D eigenvalue weighted by Gasteiger charge is -2.43. The summed E-state index contributed by atoms with van der Waals surface area (Å²) in [5, 5.41) is 0. The number of fused-ring (bicyclic) bond motifs is 6. The van der Waals surface area contributed by atoms with Crippen LogP contribution in [0.3, 0.4) is 0 Å². The van der Waals surface area contributed by atoms with Crippen molar-refractivity contribution in [2.45, 2.75) is 9.79 Å². The zero-order valence-electron chi connectivity index (χ0n) is 32.2. The third-order valence-corrected chi connectivity index (χ3v) is 13.6. The largest absolute Gasteiger partial charge is 0.311 e. The SMILES string of the molecule is c1ccc(-c2cccc(-c3ccccc3)c2B2c3ccccc3N(c3ccccc3)c3cc4c(cc32)B2c3ccccc3Sc3cccc(c32)N4c2ccccc2)cc1. The van der Waals surface area contributed by atoms with Crippen LogP contribution in [0.5, 0.6) is 0 Å². The average molecular weight is 767 g/mol. The minimum absolute atomic E-state index is 0.0693. The van der Waals surface area contributed by atoms with Crippen LogP contribution in [0.2, 0.25) is 0 Å². The van der Waals surface area contributed by atoms with Gasteiger partial charge in [-0.25, -0.2) is 0 Å². The van der Waals surface area contributed by atoms with Gasteiger partial charge in [-0.15, -0.1) is 0 Å². The Morgan fingerprint density at radius 1 is 0.305 bits per heavy atom. The molecule has 59 heavy (non-hydrogen) atoms. The molecule has 274 valence electrons. The Balaban J connectivity index is 1.23. The molecule has 3 heterocycles. The van der Waals surface area contributed by atoms with Crippen molar-refractivity contribution in [1.82, 2.24) is 0 Å². The number of nitrogens with zero attached hydrogens (tertiary/aromatic N) is 2. The summed E-state index contributed by atoms with van der Waals surface area (Å²) >= 11 is 1.90. The van der Waals surface area contributed by atoms with Crippen molar-refractivity contribution in [3.63, 3.8) is 0 Å². The van der Waals surface area contributed by atoms with E-state index in [1.165, 1.54) is 87.6 Å². The number of hydrogen-bond donors (Lipinski definition) is 0. The van der Waals surface area contributed by atoms with E-state index >= 15 is 0 Å². The third-order valence-electron chi connectivity index (χ3n) is 12.4. The molecule has 0 radical (unpaired) electrons. The summed E-state index contributed by atoms with van der Waals surface area (Å²) in [6.07, 6.45) is 0. The van der Waals surface area contributed by atoms with Gasteiger partial charge in [0.15, 0.2) is 0 Å². The van der Waals surface area contributed by atoms with Crippen molar-refractivity contribution in [3.05, 3.63) is 218 Å². The van der Waals surface area contributed by atoms with Gasteiger partial charge in [-0.2, -0.15) is 0 Å². The number of hydrogen-bond acceptors (Lipinski definition) is 3. The molecule has 0 unspecified atom stereocenters. The van der Waals surface area contributed by atoms with E-state index in [1.54, 1.807) is 0 Å². The van der Waals surface area contributed by atoms with E-state index < -0.39 is 0 Å². The number of rotatable bonds is 5. The standard InChI is InChI=1S/C54H36B2N2S/c1-5-19-37(20-6-1)41-27-17-28-42(38-21-7-2-8-22-38)53(41)55-43-29-13-15-31-47(43)57(39-23-9-3-10-24-39)49-36-50-46(35-45(49)55)56-44-30-14-16-33-51(44)59-52-34-18-32-48(54(52)56)58(50)40-25-11-4-12-26-40/h1-36H. The normalized spacial score (nSPS) is 13.2. The van der Waals surface area contributed by atoms with Crippen LogP contribution in [-0.2, 0) is 0 Å². The minimum atomic E-state index is -0.0758. The molecular formula is C54H36B2N2S. The molecular weight excluding hydrogens is 730 g/mol. The maximum Gasteiger partial charge on any atom is 0.249 e. The van der Waals surface area contributed by atoms with Crippen molar-refractivity contribution in [1.29, 1.82) is 0 Å². The molecule has 0 saturated carbocycles. The summed E-state index contributed by atoms with van der Waals surface area (Å²) in [5.41, 5.74) is 20.1. The van der Waals surface area contributed by atoms with Gasteiger partial charge < -0.3 is 9.80 Å². The highest BCUT2D eigenvalue weighted by Gasteiger charge is 2.44. The summed E-state index contributed by atoms with van der Waals surface area (Å²) in [7, 11) is 0. The lowest BCUT2D eigenvalue weighted by Crippen LogP contribution is -2.63. The second-order valence-corrected chi connectivity index (χ2v) is 16.6. The molecule has 0 aliphatic carbocycles. The number of anilines is 6. The van der Waals surface area contributed by atoms with Crippen LogP contribution in [0.15, 0.2) is 228 Å². The summed E-state index contributed by atoms with van der Waals surface area (Å²) in [6, 6.07) is 80.8. The molecule has 9 aromatic rings. The van der Waals surface area contributed by atoms with Crippen molar-refractivity contribution in [3.8, 4) is 22.3 Å². The Kier molecular flexibility index (Phi) is 8.02. The van der Waals surface area contributed by atoms with Gasteiger partial charge in [-0.3, -0.25) is 0 Å². The fourth-order valence-electron chi connectivity index (χ4n) is 9.98. The predicted molar refractivity (Wildman–Crippen MR) is 253 cm³/mol. The summed E-state index contributed by atoms with van der Waals surface area (Å²) in [5.74, 6) is 0. The van der Waals surface area contributed by atoms with Crippen LogP contribution in [0, 0.1) is 0 Å². The maximum atomic E-state index is 2.60. The van der Waals surface area contributed by atoms with E-state index in [2.05, 4.69) is 228 Å². The van der Waals surface area contributed by atoms with E-state index in [-0.39, 0.29) is 13.4 Å². The van der Waals surface area contributed by atoms with Gasteiger partial charge in [0.1, 0.15) is 0 Å². The van der Waals surface area contributed by atoms with E-state index in [1.807, 2.05) is 11.8 Å². The van der Waals surface area contributed by atoms with E-state index in [9.17, 15) is 0 Å². The Morgan fingerprint density at radius 2 is 0.763 bits per heavy atom. The van der Waals surface area contributed by atoms with Crippen LogP contribution in [0.4, 0.5) is 34.1 Å². The summed E-state index contributed by atoms with van der Waals surface area (Å²) < 4.78 is 0. The van der Waals surface area contributed by atoms with Crippen LogP contribution in [-0.4, -0.2) is 13.4 Å². The van der Waals surface area contributed by atoms with Crippen LogP contribution in [0.1, 0.15) is 0 Å². The van der Waals surface area contributed by atoms with Gasteiger partial charge in [0.05, 0.1) is 0 Å². The van der Waals surface area contributed by atoms with E-state index in [0.29, 0.717) is 0 Å². The molecule has 0 N–H and O–H groups in total. The van der Waals surface area contributed by atoms with E-state index in [4.69, 9.17) is 0 Å². The molecule has 0 atom stereocenters. The monoisotopic (exact) mass is 766 g/mol. The van der Waals surface area contributed by atoms with Gasteiger partial charge in [0.25, 0.3) is 0 Å². The fourth-order valence-corrected chi connectivity index (χ4v) is 11.1. The number of para-hydroxylation sites is 3. The summed E-state index contributed by atoms with van der Waals surface area (Å²) in [6.45, 7) is -0.00651. The van der Waals surface area contributed by atoms with Gasteiger partial charge >= 0.3 is 0 Å². The highest BCUT2D eigenvalue weighted by atomic mass is 32.2. The number of benzene rings is 9. The Labute approximate surface area is 350 Å². The molecule has 0 bridgehead atoms. The first-order valence-corrected chi connectivity index (χ1v) is 21.2. The molecule has 0 fully saturated rings. The molecule has 0 amide bonds. The molecule has 3 aliphatic rings. The van der Waals surface area contributed by atoms with Gasteiger partial charge in [-0.1, -0.05) is 186 Å². The average Bonchev–Trinajstić information content (AvgIpc) is 3.31. The molecule has 3 aliphatic heterocycles. The lowest BCUT2D eigenvalue weighted by atomic mass is 9.31. The molecule has 0 aromatic heterocycles. The molecule has 0 spiro atoms. The second-order valence-electron chi connectivity index (χ2n) is 15.6. The highest BCUT2D eigenvalue weighted by Crippen LogP contribution is 2.45. The zero-order valence-corrected chi connectivity index (χ0v) is 33.1. The van der Waals surface area contributed by atoms with Crippen molar-refractivity contribution in [2.75, 3.05) is 9.80 Å². The van der Waals surface area contributed by atoms with Crippen molar-refractivity contribution >= 4 is 92.1 Å². The fraction of sp³-hybridized carbons (Fsp3) is 0. The van der Waals surface area contributed by atoms with E-state index in [0.717, 1.165) is 11.4 Å². The second kappa shape index (κ2) is 13.9. The molecule has 0 saturated heterocycles. The molecule has 9 aromatic carbocycles. The van der Waals surface area contributed by atoms with Gasteiger partial charge in [0, 0.05) is 43.9 Å². The minimum Gasteiger partial charge on any atom is -0.311 e. The topological polar surface area (TPSA) is 6.48 Å². The first-order chi connectivity index (χ1) is 29.3. The van der Waals surface area contributed by atoms with Crippen LogP contribution < -0.4 is 42.6 Å². The Hall–Kier alpha value is -6.94. The first kappa shape index (κ1) is 34.1. The van der Waals surface area contributed by atoms with Crippen molar-refractivity contribution in [2.24, 2.45) is 0 Å². The van der Waals surface area contributed by atoms with Gasteiger partial charge in [0.2, 0.25) is 13.4 Å². The van der Waals surface area contributed by atoms with Crippen LogP contribution >= 0.6 is 11.8 Å². The van der Waals surface area contributed by atoms with Gasteiger partial charge in [-0.05, 0) is 98.7 Å². The third kappa shape index (κ3) is 5.39. The first-order valence-electron chi connectivity index (χ1n) is 20.4. The Bertz CT molecular complexity index is 2990. The molecule has 2 nitrogen and oxygen atoms in total. The highest BCUT2D eigenvalue weighted by molar-refractivity contribution is 8.00.